The first-order chi connectivity index (χ1) is 19.9. The van der Waals surface area contributed by atoms with Crippen molar-refractivity contribution in [2.45, 2.75) is 57.2 Å². The number of carboxylic acids is 1. The van der Waals surface area contributed by atoms with E-state index in [1.807, 2.05) is 48.5 Å². The fourth-order valence-corrected chi connectivity index (χ4v) is 6.37. The van der Waals surface area contributed by atoms with Gasteiger partial charge in [-0.2, -0.15) is 0 Å². The van der Waals surface area contributed by atoms with Crippen LogP contribution in [0.15, 0.2) is 72.8 Å². The van der Waals surface area contributed by atoms with Gasteiger partial charge in [-0.3, -0.25) is 14.5 Å². The Morgan fingerprint density at radius 2 is 1.61 bits per heavy atom. The van der Waals surface area contributed by atoms with Crippen molar-refractivity contribution < 1.29 is 14.7 Å². The number of aryl methyl sites for hydroxylation is 1. The third kappa shape index (κ3) is 6.11. The number of aliphatic carboxylic acids is 1. The molecule has 8 heteroatoms. The van der Waals surface area contributed by atoms with Gasteiger partial charge in [-0.25, -0.2) is 9.97 Å². The summed E-state index contributed by atoms with van der Waals surface area (Å²) in [7, 11) is 0. The maximum atomic E-state index is 13.8. The molecule has 0 spiro atoms. The average Bonchev–Trinajstić information content (AvgIpc) is 3.24. The lowest BCUT2D eigenvalue weighted by Crippen LogP contribution is -2.55. The number of aromatic nitrogens is 2. The Kier molecular flexibility index (Phi) is 7.99. The summed E-state index contributed by atoms with van der Waals surface area (Å²) in [4.78, 5) is 39.3. The lowest BCUT2D eigenvalue weighted by Gasteiger charge is -2.41. The van der Waals surface area contributed by atoms with Gasteiger partial charge in [-0.1, -0.05) is 54.1 Å². The average molecular weight is 569 g/mol. The van der Waals surface area contributed by atoms with Crippen molar-refractivity contribution in [2.75, 3.05) is 13.1 Å². The van der Waals surface area contributed by atoms with Gasteiger partial charge in [-0.05, 0) is 68.0 Å². The second kappa shape index (κ2) is 12.0. The lowest BCUT2D eigenvalue weighted by atomic mass is 10.0. The van der Waals surface area contributed by atoms with E-state index in [0.29, 0.717) is 35.4 Å². The van der Waals surface area contributed by atoms with E-state index in [1.165, 1.54) is 5.56 Å². The van der Waals surface area contributed by atoms with Crippen LogP contribution in [-0.4, -0.2) is 61.9 Å². The van der Waals surface area contributed by atoms with Crippen LogP contribution in [0.1, 0.15) is 53.7 Å². The number of nitrogens with zero attached hydrogens (tertiary/aromatic N) is 4. The van der Waals surface area contributed by atoms with Crippen LogP contribution in [0.25, 0.3) is 22.3 Å². The van der Waals surface area contributed by atoms with Gasteiger partial charge in [0.15, 0.2) is 0 Å². The summed E-state index contributed by atoms with van der Waals surface area (Å²) in [6.45, 7) is 2.68. The van der Waals surface area contributed by atoms with Crippen LogP contribution in [0, 0.1) is 0 Å². The number of halogens is 1. The summed E-state index contributed by atoms with van der Waals surface area (Å²) >= 11 is 6.12. The number of carbonyl (C=O) groups excluding carboxylic acids is 1. The van der Waals surface area contributed by atoms with Crippen LogP contribution in [0.4, 0.5) is 0 Å². The van der Waals surface area contributed by atoms with Gasteiger partial charge < -0.3 is 10.0 Å². The Bertz CT molecular complexity index is 1550. The highest BCUT2D eigenvalue weighted by molar-refractivity contribution is 6.30. The van der Waals surface area contributed by atoms with E-state index in [-0.39, 0.29) is 24.4 Å². The first-order valence-electron chi connectivity index (χ1n) is 14.3. The van der Waals surface area contributed by atoms with E-state index in [4.69, 9.17) is 26.7 Å². The van der Waals surface area contributed by atoms with Crippen LogP contribution in [0.5, 0.6) is 0 Å². The van der Waals surface area contributed by atoms with E-state index in [2.05, 4.69) is 34.1 Å². The highest BCUT2D eigenvalue weighted by Gasteiger charge is 2.42. The second-order valence-electron chi connectivity index (χ2n) is 11.1. The Balaban J connectivity index is 1.24. The van der Waals surface area contributed by atoms with Crippen molar-refractivity contribution in [3.05, 3.63) is 94.6 Å². The molecule has 3 aromatic carbocycles. The van der Waals surface area contributed by atoms with Crippen molar-refractivity contribution >= 4 is 34.5 Å². The van der Waals surface area contributed by atoms with Gasteiger partial charge >= 0.3 is 5.97 Å². The minimum Gasteiger partial charge on any atom is -0.481 e. The van der Waals surface area contributed by atoms with E-state index < -0.39 is 5.97 Å². The van der Waals surface area contributed by atoms with E-state index in [0.717, 1.165) is 54.9 Å². The van der Waals surface area contributed by atoms with Crippen molar-refractivity contribution in [1.82, 2.24) is 19.8 Å². The van der Waals surface area contributed by atoms with Gasteiger partial charge in [0.05, 0.1) is 22.4 Å². The number of likely N-dealkylation sites (tertiary alicyclic amines) is 1. The van der Waals surface area contributed by atoms with Gasteiger partial charge in [-0.15, -0.1) is 0 Å². The zero-order chi connectivity index (χ0) is 28.3. The highest BCUT2D eigenvalue weighted by Crippen LogP contribution is 2.33. The minimum atomic E-state index is -0.800. The molecule has 41 heavy (non-hydrogen) atoms. The molecule has 1 unspecified atom stereocenters. The van der Waals surface area contributed by atoms with Crippen molar-refractivity contribution in [3.8, 4) is 11.3 Å². The molecule has 2 aliphatic heterocycles. The molecule has 2 saturated heterocycles. The van der Waals surface area contributed by atoms with Crippen LogP contribution in [0.2, 0.25) is 5.02 Å². The number of carbonyl (C=O) groups is 2. The number of carboxylic acid groups (broad SMARTS) is 1. The summed E-state index contributed by atoms with van der Waals surface area (Å²) in [5.74, 6) is -0.740. The molecule has 3 heterocycles. The van der Waals surface area contributed by atoms with Gasteiger partial charge in [0.1, 0.15) is 0 Å². The standard InChI is InChI=1S/C33H33ClN4O3/c34-25-13-10-23(11-14-25)32-29(8-4-5-9-31(39)40)35-30-18-24(12-17-28(30)36-32)33(41)38-26-15-16-27(38)21-37(20-26)19-22-6-2-1-3-7-22/h1-3,6-7,10-14,17-18,26-27H,4-5,8-9,15-16,19-21H2,(H,39,40)/t26-,27?/m0/s1. The number of hydrogen-bond donors (Lipinski definition) is 1. The molecular formula is C33H33ClN4O3. The summed E-state index contributed by atoms with van der Waals surface area (Å²) in [6.07, 6.45) is 4.02. The van der Waals surface area contributed by atoms with Gasteiger partial charge in [0, 0.05) is 54.3 Å². The summed E-state index contributed by atoms with van der Waals surface area (Å²) in [5, 5.41) is 9.69. The molecule has 1 aromatic heterocycles. The first kappa shape index (κ1) is 27.4. The quantitative estimate of drug-likeness (QED) is 0.241. The van der Waals surface area contributed by atoms with Crippen molar-refractivity contribution in [2.24, 2.45) is 0 Å². The number of piperazine rings is 1. The summed E-state index contributed by atoms with van der Waals surface area (Å²) in [6, 6.07) is 24.1. The third-order valence-corrected chi connectivity index (χ3v) is 8.45. The van der Waals surface area contributed by atoms with Crippen LogP contribution in [-0.2, 0) is 17.8 Å². The van der Waals surface area contributed by atoms with Crippen LogP contribution in [0.3, 0.4) is 0 Å². The Hall–Kier alpha value is -3.81. The molecule has 210 valence electrons. The molecule has 2 aliphatic rings. The maximum Gasteiger partial charge on any atom is 0.303 e. The molecule has 0 radical (unpaired) electrons. The molecule has 2 atom stereocenters. The van der Waals surface area contributed by atoms with Crippen molar-refractivity contribution in [3.63, 3.8) is 0 Å². The number of rotatable bonds is 9. The fraction of sp³-hybridized carbons (Fsp3) is 0.333. The normalized spacial score (nSPS) is 18.6. The molecule has 4 aromatic rings. The van der Waals surface area contributed by atoms with Gasteiger partial charge in [0.25, 0.3) is 5.91 Å². The van der Waals surface area contributed by atoms with E-state index in [9.17, 15) is 9.59 Å². The third-order valence-electron chi connectivity index (χ3n) is 8.20. The fourth-order valence-electron chi connectivity index (χ4n) is 6.25. The van der Waals surface area contributed by atoms with Crippen LogP contribution < -0.4 is 0 Å². The SMILES string of the molecule is O=C(O)CCCCc1nc2cc(C(=O)N3C4CC[C@H]3CN(Cc3ccccc3)C4)ccc2nc1-c1ccc(Cl)cc1. The molecule has 1 amide bonds. The lowest BCUT2D eigenvalue weighted by molar-refractivity contribution is -0.137. The molecule has 2 fully saturated rings. The molecule has 0 aliphatic carbocycles. The van der Waals surface area contributed by atoms with E-state index >= 15 is 0 Å². The number of unbranched alkanes of at least 4 members (excludes halogenated alkanes) is 1. The van der Waals surface area contributed by atoms with Crippen LogP contribution >= 0.6 is 11.6 Å². The van der Waals surface area contributed by atoms with E-state index in [1.54, 1.807) is 0 Å². The highest BCUT2D eigenvalue weighted by atomic mass is 35.5. The number of benzene rings is 3. The molecule has 1 N–H and O–H groups in total. The number of amides is 1. The summed E-state index contributed by atoms with van der Waals surface area (Å²) in [5.41, 5.74) is 5.80. The number of hydrogen-bond acceptors (Lipinski definition) is 5. The minimum absolute atomic E-state index is 0.0605. The second-order valence-corrected chi connectivity index (χ2v) is 11.5. The molecule has 2 bridgehead atoms. The predicted molar refractivity (Wildman–Crippen MR) is 160 cm³/mol. The molecule has 6 rings (SSSR count). The van der Waals surface area contributed by atoms with Crippen molar-refractivity contribution in [1.29, 1.82) is 0 Å². The maximum absolute atomic E-state index is 13.8. The Morgan fingerprint density at radius 3 is 2.32 bits per heavy atom. The largest absolute Gasteiger partial charge is 0.481 e. The summed E-state index contributed by atoms with van der Waals surface area (Å²) < 4.78 is 0. The molecule has 0 saturated carbocycles. The Labute approximate surface area is 244 Å². The predicted octanol–water partition coefficient (Wildman–Crippen LogP) is 6.24. The smallest absolute Gasteiger partial charge is 0.303 e. The Morgan fingerprint density at radius 1 is 0.878 bits per heavy atom. The monoisotopic (exact) mass is 568 g/mol. The molecular weight excluding hydrogens is 536 g/mol. The zero-order valence-electron chi connectivity index (χ0n) is 22.9. The topological polar surface area (TPSA) is 86.6 Å². The first-order valence-corrected chi connectivity index (χ1v) is 14.7. The zero-order valence-corrected chi connectivity index (χ0v) is 23.6. The number of fused-ring (bicyclic) bond motifs is 3. The van der Waals surface area contributed by atoms with Gasteiger partial charge in [0.2, 0.25) is 0 Å². The molecule has 7 nitrogen and oxygen atoms in total.